The van der Waals surface area contributed by atoms with Crippen LogP contribution in [0.5, 0.6) is 0 Å². The highest BCUT2D eigenvalue weighted by Gasteiger charge is 2.36. The number of fused-ring (bicyclic) bond motifs is 1. The van der Waals surface area contributed by atoms with Gasteiger partial charge < -0.3 is 10.6 Å². The van der Waals surface area contributed by atoms with Gasteiger partial charge in [0.05, 0.1) is 22.8 Å². The molecule has 1 aliphatic heterocycles. The Balaban J connectivity index is 0.00000110. The summed E-state index contributed by atoms with van der Waals surface area (Å²) in [4.78, 5) is 16.6. The molecule has 1 atom stereocenters. The number of hydrogen-bond donors (Lipinski definition) is 2. The normalized spacial score (nSPS) is 20.4. The number of carbonyl (C=O) groups is 1. The van der Waals surface area contributed by atoms with Crippen LogP contribution in [-0.2, 0) is 4.79 Å². The minimum absolute atomic E-state index is 0. The number of nitrogens with zero attached hydrogens (tertiary/aromatic N) is 1. The first-order valence-electron chi connectivity index (χ1n) is 6.54. The van der Waals surface area contributed by atoms with Crippen molar-refractivity contribution in [1.82, 2.24) is 10.3 Å². The number of halogens is 2. The zero-order chi connectivity index (χ0) is 13.3. The summed E-state index contributed by atoms with van der Waals surface area (Å²) in [5.74, 6) is 0.0644. The van der Waals surface area contributed by atoms with E-state index in [1.807, 2.05) is 37.3 Å². The van der Waals surface area contributed by atoms with Crippen LogP contribution in [0.2, 0.25) is 0 Å². The molecule has 2 heterocycles. The highest BCUT2D eigenvalue weighted by atomic mass is 35.5. The molecule has 0 saturated carbocycles. The van der Waals surface area contributed by atoms with Crippen LogP contribution in [0.15, 0.2) is 36.5 Å². The molecule has 0 bridgehead atoms. The summed E-state index contributed by atoms with van der Waals surface area (Å²) in [6.45, 7) is 3.64. The van der Waals surface area contributed by atoms with Crippen molar-refractivity contribution in [2.24, 2.45) is 5.41 Å². The minimum atomic E-state index is -0.314. The van der Waals surface area contributed by atoms with E-state index in [9.17, 15) is 4.79 Å². The van der Waals surface area contributed by atoms with Crippen LogP contribution in [0.3, 0.4) is 0 Å². The topological polar surface area (TPSA) is 54.0 Å². The summed E-state index contributed by atoms with van der Waals surface area (Å²) >= 11 is 0. The van der Waals surface area contributed by atoms with Gasteiger partial charge in [-0.05, 0) is 32.0 Å². The van der Waals surface area contributed by atoms with Crippen LogP contribution >= 0.6 is 24.8 Å². The molecule has 0 spiro atoms. The Morgan fingerprint density at radius 2 is 2.10 bits per heavy atom. The minimum Gasteiger partial charge on any atom is -0.324 e. The Bertz CT molecular complexity index is 627. The molecule has 114 valence electrons. The average Bonchev–Trinajstić information content (AvgIpc) is 2.87. The predicted octanol–water partition coefficient (Wildman–Crippen LogP) is 3.02. The number of nitrogens with one attached hydrogen (secondary N) is 2. The van der Waals surface area contributed by atoms with E-state index in [0.717, 1.165) is 36.1 Å². The fourth-order valence-electron chi connectivity index (χ4n) is 2.43. The Kier molecular flexibility index (Phi) is 5.96. The first-order chi connectivity index (χ1) is 9.17. The molecule has 6 heteroatoms. The molecule has 2 aromatic rings. The second kappa shape index (κ2) is 7.07. The molecule has 3 rings (SSSR count). The van der Waals surface area contributed by atoms with Crippen LogP contribution < -0.4 is 10.6 Å². The monoisotopic (exact) mass is 327 g/mol. The third kappa shape index (κ3) is 3.64. The fraction of sp³-hybridized carbons (Fsp3) is 0.333. The standard InChI is InChI=1S/C15H17N3O.2ClH/c1-15(6-7-16-10-15)14(19)18-12-8-11-4-2-3-5-13(11)17-9-12;;/h2-5,8-9,16H,6-7,10H2,1H3,(H,18,19);2*1H. The lowest BCUT2D eigenvalue weighted by Gasteiger charge is -2.21. The van der Waals surface area contributed by atoms with Crippen LogP contribution in [0.1, 0.15) is 13.3 Å². The number of aromatic nitrogens is 1. The quantitative estimate of drug-likeness (QED) is 0.891. The van der Waals surface area contributed by atoms with Crippen LogP contribution in [0, 0.1) is 5.41 Å². The van der Waals surface area contributed by atoms with Crippen LogP contribution in [0.25, 0.3) is 10.9 Å². The number of carbonyl (C=O) groups excluding carboxylic acids is 1. The molecule has 2 N–H and O–H groups in total. The molecular weight excluding hydrogens is 309 g/mol. The molecule has 1 amide bonds. The largest absolute Gasteiger partial charge is 0.324 e. The Morgan fingerprint density at radius 3 is 2.81 bits per heavy atom. The van der Waals surface area contributed by atoms with Gasteiger partial charge in [0.15, 0.2) is 0 Å². The highest BCUT2D eigenvalue weighted by Crippen LogP contribution is 2.26. The van der Waals surface area contributed by atoms with Crippen molar-refractivity contribution < 1.29 is 4.79 Å². The van der Waals surface area contributed by atoms with Gasteiger partial charge in [-0.3, -0.25) is 9.78 Å². The number of benzene rings is 1. The zero-order valence-corrected chi connectivity index (χ0v) is 13.4. The molecule has 1 aromatic heterocycles. The third-order valence-electron chi connectivity index (χ3n) is 3.77. The number of rotatable bonds is 2. The average molecular weight is 328 g/mol. The van der Waals surface area contributed by atoms with Gasteiger partial charge in [-0.25, -0.2) is 0 Å². The zero-order valence-electron chi connectivity index (χ0n) is 11.8. The second-order valence-corrected chi connectivity index (χ2v) is 5.36. The maximum atomic E-state index is 12.3. The number of anilines is 1. The van der Waals surface area contributed by atoms with E-state index in [1.54, 1.807) is 6.20 Å². The van der Waals surface area contributed by atoms with Crippen LogP contribution in [0.4, 0.5) is 5.69 Å². The van der Waals surface area contributed by atoms with Gasteiger partial charge in [-0.1, -0.05) is 18.2 Å². The fourth-order valence-corrected chi connectivity index (χ4v) is 2.43. The maximum Gasteiger partial charge on any atom is 0.231 e. The van der Waals surface area contributed by atoms with E-state index >= 15 is 0 Å². The van der Waals surface area contributed by atoms with Gasteiger partial charge >= 0.3 is 0 Å². The summed E-state index contributed by atoms with van der Waals surface area (Å²) < 4.78 is 0. The van der Waals surface area contributed by atoms with Crippen molar-refractivity contribution in [1.29, 1.82) is 0 Å². The van der Waals surface area contributed by atoms with Gasteiger partial charge in [-0.2, -0.15) is 0 Å². The van der Waals surface area contributed by atoms with Gasteiger partial charge in [0.2, 0.25) is 5.91 Å². The van der Waals surface area contributed by atoms with Crippen LogP contribution in [-0.4, -0.2) is 24.0 Å². The molecule has 4 nitrogen and oxygen atoms in total. The number of para-hydroxylation sites is 1. The van der Waals surface area contributed by atoms with Crippen molar-refractivity contribution in [2.45, 2.75) is 13.3 Å². The SMILES string of the molecule is CC1(C(=O)Nc2cnc3ccccc3c2)CCNC1.Cl.Cl. The number of hydrogen-bond acceptors (Lipinski definition) is 3. The Labute approximate surface area is 136 Å². The first-order valence-corrected chi connectivity index (χ1v) is 6.54. The summed E-state index contributed by atoms with van der Waals surface area (Å²) in [7, 11) is 0. The van der Waals surface area contributed by atoms with Gasteiger partial charge in [0, 0.05) is 11.9 Å². The first kappa shape index (κ1) is 17.7. The van der Waals surface area contributed by atoms with E-state index in [-0.39, 0.29) is 36.1 Å². The summed E-state index contributed by atoms with van der Waals surface area (Å²) in [5, 5.41) is 7.24. The lowest BCUT2D eigenvalue weighted by Crippen LogP contribution is -2.35. The molecule has 1 aliphatic rings. The van der Waals surface area contributed by atoms with Gasteiger partial charge in [0.25, 0.3) is 0 Å². The molecule has 0 aliphatic carbocycles. The maximum absolute atomic E-state index is 12.3. The van der Waals surface area contributed by atoms with E-state index < -0.39 is 0 Å². The number of amides is 1. The van der Waals surface area contributed by atoms with Crippen molar-refractivity contribution in [3.05, 3.63) is 36.5 Å². The lowest BCUT2D eigenvalue weighted by molar-refractivity contribution is -0.123. The van der Waals surface area contributed by atoms with E-state index in [2.05, 4.69) is 15.6 Å². The van der Waals surface area contributed by atoms with Gasteiger partial charge in [-0.15, -0.1) is 24.8 Å². The third-order valence-corrected chi connectivity index (χ3v) is 3.77. The van der Waals surface area contributed by atoms with E-state index in [1.165, 1.54) is 0 Å². The summed E-state index contributed by atoms with van der Waals surface area (Å²) in [6.07, 6.45) is 2.59. The molecule has 21 heavy (non-hydrogen) atoms. The smallest absolute Gasteiger partial charge is 0.231 e. The highest BCUT2D eigenvalue weighted by molar-refractivity contribution is 5.97. The van der Waals surface area contributed by atoms with Crippen molar-refractivity contribution >= 4 is 47.3 Å². The van der Waals surface area contributed by atoms with Crippen molar-refractivity contribution in [3.63, 3.8) is 0 Å². The molecule has 1 saturated heterocycles. The number of pyridine rings is 1. The molecular formula is C15H19Cl2N3O. The summed E-state index contributed by atoms with van der Waals surface area (Å²) in [5.41, 5.74) is 1.39. The van der Waals surface area contributed by atoms with Crippen molar-refractivity contribution in [3.8, 4) is 0 Å². The Hall–Kier alpha value is -1.36. The van der Waals surface area contributed by atoms with E-state index in [0.29, 0.717) is 0 Å². The lowest BCUT2D eigenvalue weighted by atomic mass is 9.89. The predicted molar refractivity (Wildman–Crippen MR) is 90.5 cm³/mol. The Morgan fingerprint density at radius 1 is 1.33 bits per heavy atom. The van der Waals surface area contributed by atoms with Gasteiger partial charge in [0.1, 0.15) is 0 Å². The molecule has 0 radical (unpaired) electrons. The molecule has 1 unspecified atom stereocenters. The van der Waals surface area contributed by atoms with E-state index in [4.69, 9.17) is 0 Å². The van der Waals surface area contributed by atoms with Crippen molar-refractivity contribution in [2.75, 3.05) is 18.4 Å². The second-order valence-electron chi connectivity index (χ2n) is 5.36. The molecule has 1 aromatic carbocycles. The summed E-state index contributed by atoms with van der Waals surface area (Å²) in [6, 6.07) is 9.85. The molecule has 1 fully saturated rings.